The molecule has 22 heavy (non-hydrogen) atoms. The maximum Gasteiger partial charge on any atom is 0.335 e. The number of rotatable bonds is 2. The van der Waals surface area contributed by atoms with E-state index in [2.05, 4.69) is 6.07 Å². The molecule has 0 bridgehead atoms. The fourth-order valence-corrected chi connectivity index (χ4v) is 2.91. The predicted molar refractivity (Wildman–Crippen MR) is 85.2 cm³/mol. The summed E-state index contributed by atoms with van der Waals surface area (Å²) >= 11 is 0. The lowest BCUT2D eigenvalue weighted by atomic mass is 9.95. The maximum absolute atomic E-state index is 11.7. The van der Waals surface area contributed by atoms with Gasteiger partial charge < -0.3 is 10.0 Å². The first kappa shape index (κ1) is 14.3. The van der Waals surface area contributed by atoms with Crippen LogP contribution in [0.15, 0.2) is 42.5 Å². The highest BCUT2D eigenvalue weighted by molar-refractivity contribution is 5.93. The van der Waals surface area contributed by atoms with Gasteiger partial charge in [-0.05, 0) is 53.8 Å². The zero-order chi connectivity index (χ0) is 15.7. The molecule has 1 aliphatic rings. The van der Waals surface area contributed by atoms with Gasteiger partial charge in [-0.3, -0.25) is 4.79 Å². The van der Waals surface area contributed by atoms with Crippen LogP contribution in [0.5, 0.6) is 0 Å². The van der Waals surface area contributed by atoms with Crippen LogP contribution in [0.2, 0.25) is 0 Å². The van der Waals surface area contributed by atoms with E-state index in [9.17, 15) is 9.59 Å². The van der Waals surface area contributed by atoms with E-state index in [1.807, 2.05) is 29.2 Å². The number of carboxylic acid groups (broad SMARTS) is 1. The highest BCUT2D eigenvalue weighted by Gasteiger charge is 2.20. The van der Waals surface area contributed by atoms with Gasteiger partial charge in [0.05, 0.1) is 5.56 Å². The molecule has 1 heterocycles. The smallest absolute Gasteiger partial charge is 0.335 e. The minimum atomic E-state index is -0.922. The molecule has 0 aromatic heterocycles. The number of fused-ring (bicyclic) bond motifs is 1. The number of benzene rings is 2. The summed E-state index contributed by atoms with van der Waals surface area (Å²) in [6.07, 6.45) is 1.92. The molecule has 2 aromatic rings. The number of amides is 1. The van der Waals surface area contributed by atoms with Gasteiger partial charge in [0.15, 0.2) is 0 Å². The number of anilines is 1. The molecule has 0 unspecified atom stereocenters. The van der Waals surface area contributed by atoms with Crippen molar-refractivity contribution < 1.29 is 14.7 Å². The molecular weight excluding hydrogens is 278 g/mol. The number of hydrogen-bond donors (Lipinski definition) is 1. The lowest BCUT2D eigenvalue weighted by Gasteiger charge is -2.29. The van der Waals surface area contributed by atoms with Crippen LogP contribution in [0.3, 0.4) is 0 Å². The molecule has 0 spiro atoms. The molecule has 0 atom stereocenters. The number of aryl methyl sites for hydroxylation is 1. The largest absolute Gasteiger partial charge is 0.478 e. The van der Waals surface area contributed by atoms with E-state index in [-0.39, 0.29) is 11.5 Å². The lowest BCUT2D eigenvalue weighted by molar-refractivity contribution is -0.116. The van der Waals surface area contributed by atoms with Crippen LogP contribution < -0.4 is 4.90 Å². The Morgan fingerprint density at radius 3 is 2.36 bits per heavy atom. The van der Waals surface area contributed by atoms with Crippen molar-refractivity contribution in [1.82, 2.24) is 0 Å². The summed E-state index contributed by atoms with van der Waals surface area (Å²) in [5, 5.41) is 8.95. The second-order valence-corrected chi connectivity index (χ2v) is 5.50. The Morgan fingerprint density at radius 2 is 1.73 bits per heavy atom. The van der Waals surface area contributed by atoms with Gasteiger partial charge in [-0.25, -0.2) is 4.79 Å². The molecule has 4 heteroatoms. The minimum absolute atomic E-state index is 0.0690. The van der Waals surface area contributed by atoms with Crippen molar-refractivity contribution in [3.8, 4) is 11.1 Å². The van der Waals surface area contributed by atoms with Crippen molar-refractivity contribution >= 4 is 17.6 Å². The van der Waals surface area contributed by atoms with Crippen molar-refractivity contribution in [2.75, 3.05) is 11.4 Å². The molecule has 1 amide bonds. The Labute approximate surface area is 129 Å². The molecule has 2 aromatic carbocycles. The summed E-state index contributed by atoms with van der Waals surface area (Å²) in [4.78, 5) is 24.4. The van der Waals surface area contributed by atoms with E-state index in [0.29, 0.717) is 0 Å². The molecule has 1 aliphatic heterocycles. The molecule has 0 aliphatic carbocycles. The third kappa shape index (κ3) is 2.60. The van der Waals surface area contributed by atoms with E-state index in [1.165, 1.54) is 5.56 Å². The fraction of sp³-hybridized carbons (Fsp3) is 0.222. The Bertz CT molecular complexity index is 734. The minimum Gasteiger partial charge on any atom is -0.478 e. The predicted octanol–water partition coefficient (Wildman–Crippen LogP) is 3.35. The Balaban J connectivity index is 1.96. The average molecular weight is 295 g/mol. The quantitative estimate of drug-likeness (QED) is 0.924. The molecule has 1 N–H and O–H groups in total. The van der Waals surface area contributed by atoms with Crippen LogP contribution in [0.4, 0.5) is 5.69 Å². The Kier molecular flexibility index (Phi) is 3.67. The highest BCUT2D eigenvalue weighted by Crippen LogP contribution is 2.31. The summed E-state index contributed by atoms with van der Waals surface area (Å²) in [7, 11) is 0. The third-order valence-electron chi connectivity index (χ3n) is 4.04. The zero-order valence-corrected chi connectivity index (χ0v) is 12.4. The van der Waals surface area contributed by atoms with Gasteiger partial charge in [0.1, 0.15) is 0 Å². The van der Waals surface area contributed by atoms with E-state index in [0.717, 1.165) is 36.2 Å². The third-order valence-corrected chi connectivity index (χ3v) is 4.04. The van der Waals surface area contributed by atoms with Crippen molar-refractivity contribution in [2.24, 2.45) is 0 Å². The highest BCUT2D eigenvalue weighted by atomic mass is 16.4. The lowest BCUT2D eigenvalue weighted by Crippen LogP contribution is -2.33. The van der Waals surface area contributed by atoms with Crippen molar-refractivity contribution in [2.45, 2.75) is 19.8 Å². The van der Waals surface area contributed by atoms with Gasteiger partial charge in [-0.2, -0.15) is 0 Å². The average Bonchev–Trinajstić information content (AvgIpc) is 2.53. The van der Waals surface area contributed by atoms with Gasteiger partial charge in [-0.1, -0.05) is 18.2 Å². The van der Waals surface area contributed by atoms with E-state index in [1.54, 1.807) is 19.1 Å². The summed E-state index contributed by atoms with van der Waals surface area (Å²) in [6, 6.07) is 12.9. The van der Waals surface area contributed by atoms with Crippen LogP contribution in [-0.4, -0.2) is 23.5 Å². The van der Waals surface area contributed by atoms with E-state index < -0.39 is 5.97 Å². The normalized spacial score (nSPS) is 13.6. The maximum atomic E-state index is 11.7. The number of carbonyl (C=O) groups excluding carboxylic acids is 1. The Hall–Kier alpha value is -2.62. The summed E-state index contributed by atoms with van der Waals surface area (Å²) in [6.45, 7) is 2.36. The zero-order valence-electron chi connectivity index (χ0n) is 12.4. The molecule has 0 fully saturated rings. The monoisotopic (exact) mass is 295 g/mol. The summed E-state index contributed by atoms with van der Waals surface area (Å²) < 4.78 is 0. The van der Waals surface area contributed by atoms with Gasteiger partial charge >= 0.3 is 5.97 Å². The second kappa shape index (κ2) is 5.64. The standard InChI is InChI=1S/C18H17NO3/c1-12(20)19-10-2-3-16-11-15(8-9-17(16)19)13-4-6-14(7-5-13)18(21)22/h4-9,11H,2-3,10H2,1H3,(H,21,22). The van der Waals surface area contributed by atoms with Crippen LogP contribution in [0, 0.1) is 0 Å². The van der Waals surface area contributed by atoms with Gasteiger partial charge in [-0.15, -0.1) is 0 Å². The molecule has 0 saturated heterocycles. The molecule has 112 valence electrons. The SMILES string of the molecule is CC(=O)N1CCCc2cc(-c3ccc(C(=O)O)cc3)ccc21. The number of carbonyl (C=O) groups is 2. The van der Waals surface area contributed by atoms with Crippen molar-refractivity contribution in [3.05, 3.63) is 53.6 Å². The van der Waals surface area contributed by atoms with Crippen molar-refractivity contribution in [3.63, 3.8) is 0 Å². The number of aromatic carboxylic acids is 1. The van der Waals surface area contributed by atoms with Crippen LogP contribution in [0.25, 0.3) is 11.1 Å². The first-order valence-corrected chi connectivity index (χ1v) is 7.31. The number of hydrogen-bond acceptors (Lipinski definition) is 2. The molecule has 3 rings (SSSR count). The van der Waals surface area contributed by atoms with Gasteiger partial charge in [0.2, 0.25) is 5.91 Å². The first-order chi connectivity index (χ1) is 10.6. The number of carboxylic acids is 1. The van der Waals surface area contributed by atoms with Gasteiger partial charge in [0.25, 0.3) is 0 Å². The summed E-state index contributed by atoms with van der Waals surface area (Å²) in [5.74, 6) is -0.853. The van der Waals surface area contributed by atoms with Crippen LogP contribution >= 0.6 is 0 Å². The summed E-state index contributed by atoms with van der Waals surface area (Å²) in [5.41, 5.74) is 4.46. The Morgan fingerprint density at radius 1 is 1.05 bits per heavy atom. The first-order valence-electron chi connectivity index (χ1n) is 7.31. The second-order valence-electron chi connectivity index (χ2n) is 5.50. The van der Waals surface area contributed by atoms with Crippen molar-refractivity contribution in [1.29, 1.82) is 0 Å². The van der Waals surface area contributed by atoms with Crippen LogP contribution in [0.1, 0.15) is 29.3 Å². The van der Waals surface area contributed by atoms with Crippen LogP contribution in [-0.2, 0) is 11.2 Å². The molecule has 0 saturated carbocycles. The van der Waals surface area contributed by atoms with Gasteiger partial charge in [0, 0.05) is 19.2 Å². The fourth-order valence-electron chi connectivity index (χ4n) is 2.91. The topological polar surface area (TPSA) is 57.6 Å². The molecule has 0 radical (unpaired) electrons. The van der Waals surface area contributed by atoms with E-state index >= 15 is 0 Å². The molecular formula is C18H17NO3. The molecule has 4 nitrogen and oxygen atoms in total. The number of nitrogens with zero attached hydrogens (tertiary/aromatic N) is 1. The van der Waals surface area contributed by atoms with E-state index in [4.69, 9.17) is 5.11 Å².